The quantitative estimate of drug-likeness (QED) is 0.915. The van der Waals surface area contributed by atoms with Gasteiger partial charge in [0.1, 0.15) is 0 Å². The van der Waals surface area contributed by atoms with Gasteiger partial charge in [-0.05, 0) is 29.9 Å². The maximum Gasteiger partial charge on any atom is 0.219 e. The van der Waals surface area contributed by atoms with Crippen LogP contribution in [0.5, 0.6) is 0 Å². The second kappa shape index (κ2) is 6.89. The molecule has 1 fully saturated rings. The van der Waals surface area contributed by atoms with Crippen LogP contribution in [0.3, 0.4) is 0 Å². The number of hydrogen-bond acceptors (Lipinski definition) is 2. The number of carbonyl (C=O) groups is 1. The molecule has 0 saturated carbocycles. The number of carbonyl (C=O) groups excluding carboxylic acids is 1. The number of piperidine rings is 1. The molecule has 1 aromatic rings. The first-order valence-corrected chi connectivity index (χ1v) is 7.64. The van der Waals surface area contributed by atoms with Crippen LogP contribution in [0, 0.1) is 0 Å². The molecule has 1 N–H and O–H groups in total. The van der Waals surface area contributed by atoms with E-state index in [1.54, 1.807) is 6.92 Å². The van der Waals surface area contributed by atoms with Crippen molar-refractivity contribution in [2.75, 3.05) is 13.1 Å². The third-order valence-corrected chi connectivity index (χ3v) is 4.08. The van der Waals surface area contributed by atoms with Crippen LogP contribution in [-0.4, -0.2) is 29.9 Å². The molecule has 20 heavy (non-hydrogen) atoms. The average molecular weight is 274 g/mol. The minimum atomic E-state index is 0.207. The Bertz CT molecular complexity index is 448. The normalized spacial score (nSPS) is 16.7. The third-order valence-electron chi connectivity index (χ3n) is 4.08. The Morgan fingerprint density at radius 3 is 2.65 bits per heavy atom. The lowest BCUT2D eigenvalue weighted by molar-refractivity contribution is -0.129. The van der Waals surface area contributed by atoms with Crippen molar-refractivity contribution in [3.63, 3.8) is 0 Å². The van der Waals surface area contributed by atoms with E-state index in [4.69, 9.17) is 0 Å². The molecule has 3 heteroatoms. The number of amides is 1. The van der Waals surface area contributed by atoms with Crippen LogP contribution in [0.4, 0.5) is 0 Å². The van der Waals surface area contributed by atoms with E-state index in [1.165, 1.54) is 11.1 Å². The molecule has 0 atom stereocenters. The van der Waals surface area contributed by atoms with Crippen molar-refractivity contribution in [3.8, 4) is 0 Å². The highest BCUT2D eigenvalue weighted by molar-refractivity contribution is 5.73. The van der Waals surface area contributed by atoms with Crippen molar-refractivity contribution >= 4 is 5.91 Å². The highest BCUT2D eigenvalue weighted by Gasteiger charge is 2.21. The molecule has 2 rings (SSSR count). The summed E-state index contributed by atoms with van der Waals surface area (Å²) in [6, 6.07) is 9.40. The summed E-state index contributed by atoms with van der Waals surface area (Å²) in [5, 5.41) is 3.46. The zero-order chi connectivity index (χ0) is 14.5. The monoisotopic (exact) mass is 274 g/mol. The van der Waals surface area contributed by atoms with Gasteiger partial charge in [-0.2, -0.15) is 0 Å². The van der Waals surface area contributed by atoms with Crippen molar-refractivity contribution in [3.05, 3.63) is 35.4 Å². The van der Waals surface area contributed by atoms with Crippen molar-refractivity contribution in [1.29, 1.82) is 0 Å². The number of likely N-dealkylation sites (tertiary alicyclic amines) is 1. The van der Waals surface area contributed by atoms with Crippen LogP contribution in [0.1, 0.15) is 50.7 Å². The van der Waals surface area contributed by atoms with Crippen LogP contribution in [0.25, 0.3) is 0 Å². The first-order chi connectivity index (χ1) is 9.56. The summed E-state index contributed by atoms with van der Waals surface area (Å²) in [5.41, 5.74) is 2.78. The van der Waals surface area contributed by atoms with E-state index in [0.717, 1.165) is 32.5 Å². The minimum absolute atomic E-state index is 0.207. The summed E-state index contributed by atoms with van der Waals surface area (Å²) in [7, 11) is 0. The van der Waals surface area contributed by atoms with Crippen molar-refractivity contribution in [2.45, 2.75) is 52.1 Å². The average Bonchev–Trinajstić information content (AvgIpc) is 2.45. The largest absolute Gasteiger partial charge is 0.343 e. The molecule has 0 radical (unpaired) electrons. The first kappa shape index (κ1) is 15.0. The first-order valence-electron chi connectivity index (χ1n) is 7.64. The van der Waals surface area contributed by atoms with E-state index in [9.17, 15) is 4.79 Å². The van der Waals surface area contributed by atoms with Crippen LogP contribution >= 0.6 is 0 Å². The highest BCUT2D eigenvalue weighted by Crippen LogP contribution is 2.28. The van der Waals surface area contributed by atoms with Gasteiger partial charge in [0.25, 0.3) is 0 Å². The number of nitrogens with one attached hydrogen (secondary N) is 1. The van der Waals surface area contributed by atoms with E-state index >= 15 is 0 Å². The van der Waals surface area contributed by atoms with E-state index in [0.29, 0.717) is 12.0 Å². The SMILES string of the molecule is CC(=O)N1CCC(c2cccc(CNC(C)C)c2)CC1. The molecule has 1 heterocycles. The molecule has 0 bridgehead atoms. The van der Waals surface area contributed by atoms with Gasteiger partial charge in [-0.15, -0.1) is 0 Å². The summed E-state index contributed by atoms with van der Waals surface area (Å²) in [6.45, 7) is 8.72. The van der Waals surface area contributed by atoms with Crippen molar-refractivity contribution < 1.29 is 4.79 Å². The molecule has 0 unspecified atom stereocenters. The van der Waals surface area contributed by atoms with Gasteiger partial charge in [-0.3, -0.25) is 4.79 Å². The lowest BCUT2D eigenvalue weighted by Gasteiger charge is -2.31. The molecule has 1 aromatic carbocycles. The van der Waals surface area contributed by atoms with Gasteiger partial charge < -0.3 is 10.2 Å². The third kappa shape index (κ3) is 4.07. The number of rotatable bonds is 4. The zero-order valence-corrected chi connectivity index (χ0v) is 12.9. The van der Waals surface area contributed by atoms with E-state index in [1.807, 2.05) is 4.90 Å². The standard InChI is InChI=1S/C17H26N2O/c1-13(2)18-12-15-5-4-6-17(11-15)16-7-9-19(10-8-16)14(3)20/h4-6,11,13,16,18H,7-10,12H2,1-3H3. The van der Waals surface area contributed by atoms with Crippen LogP contribution in [0.2, 0.25) is 0 Å². The lowest BCUT2D eigenvalue weighted by atomic mass is 9.88. The predicted octanol–water partition coefficient (Wildman–Crippen LogP) is 2.91. The van der Waals surface area contributed by atoms with Gasteiger partial charge in [-0.1, -0.05) is 38.1 Å². The Morgan fingerprint density at radius 1 is 1.35 bits per heavy atom. The van der Waals surface area contributed by atoms with Gasteiger partial charge in [0, 0.05) is 32.6 Å². The molecular weight excluding hydrogens is 248 g/mol. The highest BCUT2D eigenvalue weighted by atomic mass is 16.2. The number of benzene rings is 1. The molecule has 1 amide bonds. The van der Waals surface area contributed by atoms with Crippen molar-refractivity contribution in [2.24, 2.45) is 0 Å². The fourth-order valence-electron chi connectivity index (χ4n) is 2.81. The summed E-state index contributed by atoms with van der Waals surface area (Å²) in [4.78, 5) is 13.3. The zero-order valence-electron chi connectivity index (χ0n) is 12.9. The molecule has 1 saturated heterocycles. The molecule has 110 valence electrons. The van der Waals surface area contributed by atoms with Crippen molar-refractivity contribution in [1.82, 2.24) is 10.2 Å². The van der Waals surface area contributed by atoms with E-state index in [-0.39, 0.29) is 5.91 Å². The number of hydrogen-bond donors (Lipinski definition) is 1. The minimum Gasteiger partial charge on any atom is -0.343 e. The summed E-state index contributed by atoms with van der Waals surface area (Å²) in [5.74, 6) is 0.808. The summed E-state index contributed by atoms with van der Waals surface area (Å²) in [6.07, 6.45) is 2.17. The van der Waals surface area contributed by atoms with Crippen LogP contribution in [-0.2, 0) is 11.3 Å². The number of nitrogens with zero attached hydrogens (tertiary/aromatic N) is 1. The second-order valence-corrected chi connectivity index (χ2v) is 6.06. The second-order valence-electron chi connectivity index (χ2n) is 6.06. The fourth-order valence-corrected chi connectivity index (χ4v) is 2.81. The maximum absolute atomic E-state index is 11.4. The molecule has 0 spiro atoms. The maximum atomic E-state index is 11.4. The van der Waals surface area contributed by atoms with Gasteiger partial charge >= 0.3 is 0 Å². The van der Waals surface area contributed by atoms with Gasteiger partial charge in [0.2, 0.25) is 5.91 Å². The topological polar surface area (TPSA) is 32.3 Å². The Kier molecular flexibility index (Phi) is 5.18. The molecule has 3 nitrogen and oxygen atoms in total. The smallest absolute Gasteiger partial charge is 0.219 e. The van der Waals surface area contributed by atoms with Gasteiger partial charge in [0.15, 0.2) is 0 Å². The van der Waals surface area contributed by atoms with E-state index in [2.05, 4.69) is 43.4 Å². The molecular formula is C17H26N2O. The predicted molar refractivity (Wildman–Crippen MR) is 82.6 cm³/mol. The lowest BCUT2D eigenvalue weighted by Crippen LogP contribution is -2.36. The Labute approximate surface area is 122 Å². The van der Waals surface area contributed by atoms with Crippen LogP contribution in [0.15, 0.2) is 24.3 Å². The Balaban J connectivity index is 1.96. The van der Waals surface area contributed by atoms with Gasteiger partial charge in [-0.25, -0.2) is 0 Å². The molecule has 1 aliphatic heterocycles. The molecule has 1 aliphatic rings. The summed E-state index contributed by atoms with van der Waals surface area (Å²) < 4.78 is 0. The molecule has 0 aromatic heterocycles. The fraction of sp³-hybridized carbons (Fsp3) is 0.588. The van der Waals surface area contributed by atoms with Gasteiger partial charge in [0.05, 0.1) is 0 Å². The van der Waals surface area contributed by atoms with E-state index < -0.39 is 0 Å². The van der Waals surface area contributed by atoms with Crippen LogP contribution < -0.4 is 5.32 Å². The Hall–Kier alpha value is -1.35. The molecule has 0 aliphatic carbocycles. The Morgan fingerprint density at radius 2 is 2.05 bits per heavy atom. The summed E-state index contributed by atoms with van der Waals surface area (Å²) >= 11 is 0.